The predicted molar refractivity (Wildman–Crippen MR) is 84.0 cm³/mol. The van der Waals surface area contributed by atoms with Crippen LogP contribution >= 0.6 is 0 Å². The van der Waals surface area contributed by atoms with E-state index in [1.54, 1.807) is 0 Å². The van der Waals surface area contributed by atoms with Crippen LogP contribution in [0.15, 0.2) is 0 Å². The second-order valence-corrected chi connectivity index (χ2v) is 7.17. The molecule has 0 amide bonds. The van der Waals surface area contributed by atoms with Crippen LogP contribution in [0, 0.1) is 11.8 Å². The first-order chi connectivity index (χ1) is 10.3. The predicted octanol–water partition coefficient (Wildman–Crippen LogP) is 2.37. The fourth-order valence-electron chi connectivity index (χ4n) is 4.67. The Morgan fingerprint density at radius 2 is 1.86 bits per heavy atom. The maximum absolute atomic E-state index is 6.06. The molecule has 3 rings (SSSR count). The van der Waals surface area contributed by atoms with E-state index in [1.807, 2.05) is 0 Å². The third-order valence-corrected chi connectivity index (χ3v) is 5.91. The zero-order valence-electron chi connectivity index (χ0n) is 13.6. The van der Waals surface area contributed by atoms with Gasteiger partial charge >= 0.3 is 0 Å². The molecule has 122 valence electrons. The maximum atomic E-state index is 6.06. The number of rotatable bonds is 4. The molecular weight excluding hydrogens is 264 g/mol. The molecule has 0 bridgehead atoms. The van der Waals surface area contributed by atoms with E-state index in [-0.39, 0.29) is 5.79 Å². The van der Waals surface area contributed by atoms with Gasteiger partial charge in [0.15, 0.2) is 5.79 Å². The van der Waals surface area contributed by atoms with Crippen LogP contribution in [-0.4, -0.2) is 49.6 Å². The van der Waals surface area contributed by atoms with E-state index in [2.05, 4.69) is 11.8 Å². The number of piperidine rings is 1. The summed E-state index contributed by atoms with van der Waals surface area (Å²) in [5, 5.41) is 0. The van der Waals surface area contributed by atoms with E-state index in [0.717, 1.165) is 51.6 Å². The largest absolute Gasteiger partial charge is 0.347 e. The van der Waals surface area contributed by atoms with Gasteiger partial charge in [-0.05, 0) is 31.2 Å². The summed E-state index contributed by atoms with van der Waals surface area (Å²) in [6.45, 7) is 6.92. The highest BCUT2D eigenvalue weighted by Crippen LogP contribution is 2.38. The van der Waals surface area contributed by atoms with Gasteiger partial charge in [-0.2, -0.15) is 0 Å². The van der Waals surface area contributed by atoms with Crippen molar-refractivity contribution in [2.75, 3.05) is 32.8 Å². The van der Waals surface area contributed by atoms with E-state index in [1.165, 1.54) is 32.1 Å². The van der Waals surface area contributed by atoms with Crippen molar-refractivity contribution < 1.29 is 9.47 Å². The summed E-state index contributed by atoms with van der Waals surface area (Å²) in [7, 11) is 0. The normalized spacial score (nSPS) is 37.1. The Labute approximate surface area is 129 Å². The van der Waals surface area contributed by atoms with E-state index < -0.39 is 0 Å². The lowest BCUT2D eigenvalue weighted by atomic mass is 9.75. The maximum Gasteiger partial charge on any atom is 0.170 e. The molecule has 1 aliphatic carbocycles. The van der Waals surface area contributed by atoms with Crippen molar-refractivity contribution in [1.29, 1.82) is 0 Å². The molecule has 0 aromatic heterocycles. The summed E-state index contributed by atoms with van der Waals surface area (Å²) in [6.07, 6.45) is 8.81. The highest BCUT2D eigenvalue weighted by Gasteiger charge is 2.43. The molecule has 0 aromatic carbocycles. The summed E-state index contributed by atoms with van der Waals surface area (Å²) >= 11 is 0. The van der Waals surface area contributed by atoms with E-state index in [9.17, 15) is 0 Å². The molecule has 2 saturated heterocycles. The highest BCUT2D eigenvalue weighted by atomic mass is 16.7. The molecule has 3 fully saturated rings. The SMILES string of the molecule is CCCC1CCC(CN)C(N2CCC3(CC2)OCCO3)C1. The minimum absolute atomic E-state index is 0.244. The summed E-state index contributed by atoms with van der Waals surface area (Å²) in [5.74, 6) is 1.36. The van der Waals surface area contributed by atoms with Gasteiger partial charge in [0.25, 0.3) is 0 Å². The van der Waals surface area contributed by atoms with Crippen LogP contribution in [0.2, 0.25) is 0 Å². The molecule has 1 saturated carbocycles. The van der Waals surface area contributed by atoms with E-state index in [4.69, 9.17) is 15.2 Å². The summed E-state index contributed by atoms with van der Waals surface area (Å²) in [6, 6.07) is 0.694. The van der Waals surface area contributed by atoms with Gasteiger partial charge in [0.2, 0.25) is 0 Å². The lowest BCUT2D eigenvalue weighted by Crippen LogP contribution is -2.53. The van der Waals surface area contributed by atoms with Gasteiger partial charge < -0.3 is 15.2 Å². The number of nitrogens with zero attached hydrogens (tertiary/aromatic N) is 1. The Balaban J connectivity index is 1.58. The highest BCUT2D eigenvalue weighted by molar-refractivity contribution is 4.92. The van der Waals surface area contributed by atoms with Crippen molar-refractivity contribution in [3.05, 3.63) is 0 Å². The van der Waals surface area contributed by atoms with E-state index >= 15 is 0 Å². The summed E-state index contributed by atoms with van der Waals surface area (Å²) in [4.78, 5) is 2.69. The lowest BCUT2D eigenvalue weighted by Gasteiger charge is -2.47. The molecule has 2 N–H and O–H groups in total. The van der Waals surface area contributed by atoms with Crippen LogP contribution in [0.3, 0.4) is 0 Å². The first kappa shape index (κ1) is 15.7. The Kier molecular flexibility index (Phi) is 5.20. The second-order valence-electron chi connectivity index (χ2n) is 7.17. The summed E-state index contributed by atoms with van der Waals surface area (Å²) < 4.78 is 11.7. The van der Waals surface area contributed by atoms with Gasteiger partial charge in [0.05, 0.1) is 13.2 Å². The molecule has 21 heavy (non-hydrogen) atoms. The molecule has 4 heteroatoms. The number of nitrogens with two attached hydrogens (primary N) is 1. The molecule has 0 radical (unpaired) electrons. The minimum atomic E-state index is -0.244. The average Bonchev–Trinajstić information content (AvgIpc) is 2.97. The minimum Gasteiger partial charge on any atom is -0.347 e. The number of hydrogen-bond donors (Lipinski definition) is 1. The van der Waals surface area contributed by atoms with Gasteiger partial charge in [-0.15, -0.1) is 0 Å². The van der Waals surface area contributed by atoms with Crippen molar-refractivity contribution in [3.8, 4) is 0 Å². The number of ether oxygens (including phenoxy) is 2. The average molecular weight is 296 g/mol. The molecule has 4 nitrogen and oxygen atoms in total. The zero-order chi connectivity index (χ0) is 14.7. The van der Waals surface area contributed by atoms with Crippen molar-refractivity contribution in [2.24, 2.45) is 17.6 Å². The van der Waals surface area contributed by atoms with Gasteiger partial charge in [0, 0.05) is 32.0 Å². The van der Waals surface area contributed by atoms with Gasteiger partial charge in [-0.1, -0.05) is 26.2 Å². The number of likely N-dealkylation sites (tertiary alicyclic amines) is 1. The zero-order valence-corrected chi connectivity index (χ0v) is 13.6. The van der Waals surface area contributed by atoms with Crippen LogP contribution < -0.4 is 5.73 Å². The molecule has 3 atom stereocenters. The quantitative estimate of drug-likeness (QED) is 0.865. The fourth-order valence-corrected chi connectivity index (χ4v) is 4.67. The van der Waals surface area contributed by atoms with Crippen LogP contribution in [0.25, 0.3) is 0 Å². The monoisotopic (exact) mass is 296 g/mol. The van der Waals surface area contributed by atoms with Crippen molar-refractivity contribution in [2.45, 2.75) is 63.7 Å². The first-order valence-electron chi connectivity index (χ1n) is 8.98. The lowest BCUT2D eigenvalue weighted by molar-refractivity contribution is -0.190. The Bertz CT molecular complexity index is 321. The van der Waals surface area contributed by atoms with Crippen LogP contribution in [0.1, 0.15) is 51.9 Å². The standard InChI is InChI=1S/C17H32N2O2/c1-2-3-14-4-5-15(13-18)16(12-14)19-8-6-17(7-9-19)20-10-11-21-17/h14-16H,2-13,18H2,1H3. The Morgan fingerprint density at radius 1 is 1.14 bits per heavy atom. The molecular formula is C17H32N2O2. The topological polar surface area (TPSA) is 47.7 Å². The molecule has 2 heterocycles. The molecule has 1 spiro atoms. The summed E-state index contributed by atoms with van der Waals surface area (Å²) in [5.41, 5.74) is 6.06. The third-order valence-electron chi connectivity index (χ3n) is 5.91. The Hall–Kier alpha value is -0.160. The fraction of sp³-hybridized carbons (Fsp3) is 1.00. The van der Waals surface area contributed by atoms with Gasteiger partial charge in [-0.25, -0.2) is 0 Å². The van der Waals surface area contributed by atoms with Crippen molar-refractivity contribution >= 4 is 0 Å². The van der Waals surface area contributed by atoms with Gasteiger partial charge in [0.1, 0.15) is 0 Å². The molecule has 3 unspecified atom stereocenters. The van der Waals surface area contributed by atoms with Crippen LogP contribution in [-0.2, 0) is 9.47 Å². The molecule has 2 aliphatic heterocycles. The molecule has 0 aromatic rings. The smallest absolute Gasteiger partial charge is 0.170 e. The van der Waals surface area contributed by atoms with Crippen molar-refractivity contribution in [3.63, 3.8) is 0 Å². The molecule has 3 aliphatic rings. The van der Waals surface area contributed by atoms with Gasteiger partial charge in [-0.3, -0.25) is 4.90 Å². The van der Waals surface area contributed by atoms with Crippen LogP contribution in [0.4, 0.5) is 0 Å². The third kappa shape index (κ3) is 3.44. The van der Waals surface area contributed by atoms with Crippen LogP contribution in [0.5, 0.6) is 0 Å². The second kappa shape index (κ2) is 6.95. The Morgan fingerprint density at radius 3 is 2.48 bits per heavy atom. The first-order valence-corrected chi connectivity index (χ1v) is 8.98. The van der Waals surface area contributed by atoms with E-state index in [0.29, 0.717) is 12.0 Å². The number of hydrogen-bond acceptors (Lipinski definition) is 4. The van der Waals surface area contributed by atoms with Crippen molar-refractivity contribution in [1.82, 2.24) is 4.90 Å².